The first-order valence-electron chi connectivity index (χ1n) is 6.34. The van der Waals surface area contributed by atoms with Crippen molar-refractivity contribution in [3.8, 4) is 11.6 Å². The summed E-state index contributed by atoms with van der Waals surface area (Å²) in [7, 11) is 3.37. The summed E-state index contributed by atoms with van der Waals surface area (Å²) in [5.41, 5.74) is 7.76. The Balaban J connectivity index is 2.37. The third kappa shape index (κ3) is 3.14. The van der Waals surface area contributed by atoms with Gasteiger partial charge in [-0.15, -0.1) is 0 Å². The number of oxime groups is 1. The first-order chi connectivity index (χ1) is 10.1. The molecule has 1 aromatic heterocycles. The quantitative estimate of drug-likeness (QED) is 0.379. The molecule has 7 nitrogen and oxygen atoms in total. The zero-order valence-electron chi connectivity index (χ0n) is 12.2. The molecule has 3 N–H and O–H groups in total. The lowest BCUT2D eigenvalue weighted by Gasteiger charge is -2.09. The van der Waals surface area contributed by atoms with Gasteiger partial charge in [0.2, 0.25) is 5.88 Å². The van der Waals surface area contributed by atoms with E-state index in [1.807, 2.05) is 24.3 Å². The summed E-state index contributed by atoms with van der Waals surface area (Å²) in [6.45, 7) is 2.26. The summed E-state index contributed by atoms with van der Waals surface area (Å²) in [5.74, 6) is 1.00. The highest BCUT2D eigenvalue weighted by Gasteiger charge is 2.19. The van der Waals surface area contributed by atoms with Gasteiger partial charge in [-0.3, -0.25) is 0 Å². The molecule has 0 radical (unpaired) electrons. The first kappa shape index (κ1) is 14.9. The van der Waals surface area contributed by atoms with E-state index >= 15 is 0 Å². The fourth-order valence-corrected chi connectivity index (χ4v) is 2.08. The van der Waals surface area contributed by atoms with Crippen molar-refractivity contribution < 1.29 is 14.7 Å². The van der Waals surface area contributed by atoms with Crippen LogP contribution in [0.15, 0.2) is 29.4 Å². The van der Waals surface area contributed by atoms with Gasteiger partial charge in [0.15, 0.2) is 5.84 Å². The van der Waals surface area contributed by atoms with Gasteiger partial charge in [-0.05, 0) is 24.6 Å². The van der Waals surface area contributed by atoms with Crippen molar-refractivity contribution in [2.24, 2.45) is 17.9 Å². The number of hydrogen-bond donors (Lipinski definition) is 2. The van der Waals surface area contributed by atoms with Crippen LogP contribution in [0.2, 0.25) is 0 Å². The van der Waals surface area contributed by atoms with Gasteiger partial charge in [-0.25, -0.2) is 4.68 Å². The molecule has 2 aromatic rings. The van der Waals surface area contributed by atoms with Crippen LogP contribution in [0.4, 0.5) is 0 Å². The highest BCUT2D eigenvalue weighted by atomic mass is 16.5. The maximum Gasteiger partial charge on any atom is 0.229 e. The minimum Gasteiger partial charge on any atom is -0.438 e. The summed E-state index contributed by atoms with van der Waals surface area (Å²) < 4.78 is 12.5. The molecule has 0 bridgehead atoms. The number of nitrogens with two attached hydrogens (primary N) is 1. The average Bonchev–Trinajstić information content (AvgIpc) is 2.73. The second-order valence-electron chi connectivity index (χ2n) is 4.56. The van der Waals surface area contributed by atoms with E-state index in [0.29, 0.717) is 29.5 Å². The van der Waals surface area contributed by atoms with E-state index in [9.17, 15) is 0 Å². The van der Waals surface area contributed by atoms with Crippen LogP contribution in [0.5, 0.6) is 11.6 Å². The van der Waals surface area contributed by atoms with Crippen molar-refractivity contribution in [3.05, 3.63) is 41.1 Å². The number of methoxy groups -OCH3 is 1. The molecule has 0 saturated heterocycles. The number of rotatable bonds is 5. The maximum absolute atomic E-state index is 8.88. The van der Waals surface area contributed by atoms with Crippen LogP contribution in [0.1, 0.15) is 16.8 Å². The molecule has 1 aromatic carbocycles. The largest absolute Gasteiger partial charge is 0.438 e. The fourth-order valence-electron chi connectivity index (χ4n) is 2.08. The molecule has 0 aliphatic rings. The monoisotopic (exact) mass is 290 g/mol. The number of nitrogens with zero attached hydrogens (tertiary/aromatic N) is 3. The minimum atomic E-state index is -0.0383. The molecule has 1 heterocycles. The highest BCUT2D eigenvalue weighted by molar-refractivity contribution is 6.00. The Kier molecular flexibility index (Phi) is 4.44. The molecule has 7 heteroatoms. The second kappa shape index (κ2) is 6.27. The lowest BCUT2D eigenvalue weighted by molar-refractivity contribution is 0.184. The normalized spacial score (nSPS) is 11.7. The van der Waals surface area contributed by atoms with Gasteiger partial charge in [-0.2, -0.15) is 5.10 Å². The van der Waals surface area contributed by atoms with E-state index in [0.717, 1.165) is 5.56 Å². The molecule has 0 amide bonds. The minimum absolute atomic E-state index is 0.0383. The van der Waals surface area contributed by atoms with Gasteiger partial charge in [0.05, 0.1) is 12.3 Å². The van der Waals surface area contributed by atoms with Gasteiger partial charge >= 0.3 is 0 Å². The van der Waals surface area contributed by atoms with Crippen LogP contribution in [-0.4, -0.2) is 27.9 Å². The average molecular weight is 290 g/mol. The fraction of sp³-hybridized carbons (Fsp3) is 0.286. The number of aryl methyl sites for hydroxylation is 2. The Morgan fingerprint density at radius 1 is 1.48 bits per heavy atom. The molecule has 0 spiro atoms. The topological polar surface area (TPSA) is 94.9 Å². The summed E-state index contributed by atoms with van der Waals surface area (Å²) in [6, 6.07) is 7.49. The summed E-state index contributed by atoms with van der Waals surface area (Å²) >= 11 is 0. The van der Waals surface area contributed by atoms with E-state index in [-0.39, 0.29) is 5.84 Å². The van der Waals surface area contributed by atoms with Gasteiger partial charge in [0.25, 0.3) is 0 Å². The molecule has 0 aliphatic heterocycles. The van der Waals surface area contributed by atoms with Gasteiger partial charge < -0.3 is 20.4 Å². The first-order valence-corrected chi connectivity index (χ1v) is 6.34. The lowest BCUT2D eigenvalue weighted by atomic mass is 10.2. The zero-order valence-corrected chi connectivity index (χ0v) is 12.2. The molecule has 112 valence electrons. The van der Waals surface area contributed by atoms with Crippen LogP contribution in [0, 0.1) is 6.92 Å². The molecule has 2 rings (SSSR count). The molecule has 0 atom stereocenters. The molecule has 0 aliphatic carbocycles. The van der Waals surface area contributed by atoms with Crippen LogP contribution in [-0.2, 0) is 18.4 Å². The molecular formula is C14H18N4O3. The van der Waals surface area contributed by atoms with Crippen molar-refractivity contribution >= 4 is 5.84 Å². The lowest BCUT2D eigenvalue weighted by Crippen LogP contribution is -2.15. The Labute approximate surface area is 122 Å². The van der Waals surface area contributed by atoms with E-state index in [2.05, 4.69) is 10.3 Å². The van der Waals surface area contributed by atoms with Crippen molar-refractivity contribution in [1.29, 1.82) is 0 Å². The van der Waals surface area contributed by atoms with Crippen molar-refractivity contribution in [2.45, 2.75) is 13.5 Å². The van der Waals surface area contributed by atoms with Crippen LogP contribution in [0.3, 0.4) is 0 Å². The van der Waals surface area contributed by atoms with Crippen molar-refractivity contribution in [1.82, 2.24) is 9.78 Å². The van der Waals surface area contributed by atoms with Crippen LogP contribution < -0.4 is 10.5 Å². The summed E-state index contributed by atoms with van der Waals surface area (Å²) in [5, 5.41) is 16.1. The van der Waals surface area contributed by atoms with E-state index in [4.69, 9.17) is 20.4 Å². The summed E-state index contributed by atoms with van der Waals surface area (Å²) in [6.07, 6.45) is 0. The molecule has 0 fully saturated rings. The third-order valence-electron chi connectivity index (χ3n) is 2.96. The smallest absolute Gasteiger partial charge is 0.229 e. The Hall–Kier alpha value is -2.54. The van der Waals surface area contributed by atoms with E-state index in [1.165, 1.54) is 0 Å². The zero-order chi connectivity index (χ0) is 15.4. The van der Waals surface area contributed by atoms with Crippen LogP contribution in [0.25, 0.3) is 0 Å². The maximum atomic E-state index is 8.88. The Morgan fingerprint density at radius 2 is 2.24 bits per heavy atom. The SMILES string of the molecule is COCc1cccc(Oc2c(C(N)=NO)c(C)nn2C)c1. The molecular weight excluding hydrogens is 272 g/mol. The number of aromatic nitrogens is 2. The van der Waals surface area contributed by atoms with Gasteiger partial charge in [-0.1, -0.05) is 17.3 Å². The summed E-state index contributed by atoms with van der Waals surface area (Å²) in [4.78, 5) is 0. The predicted molar refractivity (Wildman–Crippen MR) is 77.7 cm³/mol. The standard InChI is InChI=1S/C14H18N4O3/c1-9-12(13(15)17-19)14(18(2)16-9)21-11-6-4-5-10(7-11)8-20-3/h4-7,19H,8H2,1-3H3,(H2,15,17). The molecule has 0 saturated carbocycles. The second-order valence-corrected chi connectivity index (χ2v) is 4.56. The van der Waals surface area contributed by atoms with E-state index in [1.54, 1.807) is 25.8 Å². The Bertz CT molecular complexity index is 664. The Morgan fingerprint density at radius 3 is 2.90 bits per heavy atom. The number of ether oxygens (including phenoxy) is 2. The number of benzene rings is 1. The van der Waals surface area contributed by atoms with Crippen molar-refractivity contribution in [2.75, 3.05) is 7.11 Å². The van der Waals surface area contributed by atoms with Gasteiger partial charge in [0, 0.05) is 14.2 Å². The predicted octanol–water partition coefficient (Wildman–Crippen LogP) is 1.76. The molecule has 21 heavy (non-hydrogen) atoms. The van der Waals surface area contributed by atoms with E-state index < -0.39 is 0 Å². The highest BCUT2D eigenvalue weighted by Crippen LogP contribution is 2.27. The number of hydrogen-bond acceptors (Lipinski definition) is 5. The molecule has 0 unspecified atom stereocenters. The van der Waals surface area contributed by atoms with Gasteiger partial charge in [0.1, 0.15) is 11.3 Å². The third-order valence-corrected chi connectivity index (χ3v) is 2.96. The number of amidine groups is 1. The van der Waals surface area contributed by atoms with Crippen LogP contribution >= 0.6 is 0 Å². The van der Waals surface area contributed by atoms with Crippen molar-refractivity contribution in [3.63, 3.8) is 0 Å².